The van der Waals surface area contributed by atoms with Crippen LogP contribution in [0.5, 0.6) is 0 Å². The van der Waals surface area contributed by atoms with Crippen LogP contribution in [0.4, 0.5) is 4.39 Å². The third kappa shape index (κ3) is 4.57. The highest BCUT2D eigenvalue weighted by molar-refractivity contribution is 6.30. The van der Waals surface area contributed by atoms with Gasteiger partial charge in [0.15, 0.2) is 5.69 Å². The number of halogens is 2. The molecule has 1 fully saturated rings. The molecule has 192 valence electrons. The minimum atomic E-state index is -0.426. The normalized spacial score (nSPS) is 14.4. The Kier molecular flexibility index (Phi) is 6.21. The van der Waals surface area contributed by atoms with Crippen LogP contribution < -0.4 is 5.56 Å². The van der Waals surface area contributed by atoms with Crippen molar-refractivity contribution >= 4 is 39.4 Å². The zero-order chi connectivity index (χ0) is 26.4. The van der Waals surface area contributed by atoms with Gasteiger partial charge in [-0.3, -0.25) is 14.5 Å². The summed E-state index contributed by atoms with van der Waals surface area (Å²) >= 11 is 5.99. The van der Waals surface area contributed by atoms with Crippen molar-refractivity contribution in [3.05, 3.63) is 98.5 Å². The predicted octanol–water partition coefficient (Wildman–Crippen LogP) is 5.13. The van der Waals surface area contributed by atoms with Gasteiger partial charge in [0.25, 0.3) is 11.5 Å². The SMILES string of the molecule is Cc1c(-c2nc3cc(F)ccc3[nH]c2=O)[nH]c2ccc(C(=O)N3CCN(Cc4ccc(Cl)cc4)CC3)cc12. The molecule has 1 aliphatic heterocycles. The molecule has 1 amide bonds. The summed E-state index contributed by atoms with van der Waals surface area (Å²) in [4.78, 5) is 40.8. The number of aromatic nitrogens is 3. The number of benzene rings is 3. The van der Waals surface area contributed by atoms with Gasteiger partial charge in [-0.25, -0.2) is 9.37 Å². The molecule has 0 atom stereocenters. The first-order valence-electron chi connectivity index (χ1n) is 12.4. The van der Waals surface area contributed by atoms with Crippen molar-refractivity contribution in [2.45, 2.75) is 13.5 Å². The van der Waals surface area contributed by atoms with Crippen molar-refractivity contribution < 1.29 is 9.18 Å². The number of hydrogen-bond acceptors (Lipinski definition) is 4. The number of rotatable bonds is 4. The van der Waals surface area contributed by atoms with Gasteiger partial charge < -0.3 is 14.9 Å². The van der Waals surface area contributed by atoms with Gasteiger partial charge in [-0.05, 0) is 60.5 Å². The number of carbonyl (C=O) groups is 1. The number of aryl methyl sites for hydroxylation is 1. The molecule has 3 aromatic carbocycles. The fourth-order valence-corrected chi connectivity index (χ4v) is 5.19. The number of amides is 1. The van der Waals surface area contributed by atoms with Gasteiger partial charge in [0.1, 0.15) is 5.82 Å². The molecule has 0 radical (unpaired) electrons. The molecule has 0 bridgehead atoms. The van der Waals surface area contributed by atoms with Gasteiger partial charge in [-0.1, -0.05) is 23.7 Å². The Labute approximate surface area is 222 Å². The molecular weight excluding hydrogens is 505 g/mol. The van der Waals surface area contributed by atoms with Gasteiger partial charge >= 0.3 is 0 Å². The minimum absolute atomic E-state index is 0.0163. The fraction of sp³-hybridized carbons (Fsp3) is 0.207. The Morgan fingerprint density at radius 2 is 1.71 bits per heavy atom. The molecular formula is C29H25ClFN5O2. The summed E-state index contributed by atoms with van der Waals surface area (Å²) in [5.74, 6) is -0.442. The molecule has 1 saturated heterocycles. The highest BCUT2D eigenvalue weighted by atomic mass is 35.5. The fourth-order valence-electron chi connectivity index (χ4n) is 5.06. The van der Waals surface area contributed by atoms with E-state index < -0.39 is 5.82 Å². The van der Waals surface area contributed by atoms with Crippen LogP contribution in [0.1, 0.15) is 21.5 Å². The number of nitrogens with zero attached hydrogens (tertiary/aromatic N) is 3. The number of aromatic amines is 2. The van der Waals surface area contributed by atoms with Crippen molar-refractivity contribution in [3.63, 3.8) is 0 Å². The van der Waals surface area contributed by atoms with E-state index >= 15 is 0 Å². The van der Waals surface area contributed by atoms with E-state index in [0.717, 1.165) is 41.1 Å². The number of nitrogens with one attached hydrogen (secondary N) is 2. The van der Waals surface area contributed by atoms with E-state index in [0.29, 0.717) is 35.4 Å². The monoisotopic (exact) mass is 529 g/mol. The van der Waals surface area contributed by atoms with E-state index in [1.165, 1.54) is 23.8 Å². The second-order valence-electron chi connectivity index (χ2n) is 9.66. The maximum absolute atomic E-state index is 13.7. The number of piperazine rings is 1. The summed E-state index contributed by atoms with van der Waals surface area (Å²) < 4.78 is 13.7. The lowest BCUT2D eigenvalue weighted by molar-refractivity contribution is 0.0628. The first kappa shape index (κ1) is 24.3. The van der Waals surface area contributed by atoms with Crippen LogP contribution >= 0.6 is 11.6 Å². The third-order valence-electron chi connectivity index (χ3n) is 7.18. The molecule has 9 heteroatoms. The quantitative estimate of drug-likeness (QED) is 0.338. The van der Waals surface area contributed by atoms with Crippen molar-refractivity contribution in [1.29, 1.82) is 0 Å². The molecule has 0 aliphatic carbocycles. The lowest BCUT2D eigenvalue weighted by Gasteiger charge is -2.34. The summed E-state index contributed by atoms with van der Waals surface area (Å²) in [6.45, 7) is 5.59. The summed E-state index contributed by atoms with van der Waals surface area (Å²) in [5, 5.41) is 1.56. The van der Waals surface area contributed by atoms with Gasteiger partial charge in [0.2, 0.25) is 0 Å². The van der Waals surface area contributed by atoms with Crippen molar-refractivity contribution in [2.75, 3.05) is 26.2 Å². The predicted molar refractivity (Wildman–Crippen MR) is 147 cm³/mol. The Bertz CT molecular complexity index is 1740. The molecule has 0 unspecified atom stereocenters. The van der Waals surface area contributed by atoms with E-state index in [4.69, 9.17) is 11.6 Å². The Morgan fingerprint density at radius 1 is 0.974 bits per heavy atom. The van der Waals surface area contributed by atoms with E-state index in [-0.39, 0.29) is 17.2 Å². The Morgan fingerprint density at radius 3 is 2.47 bits per heavy atom. The van der Waals surface area contributed by atoms with Crippen LogP contribution in [0.3, 0.4) is 0 Å². The lowest BCUT2D eigenvalue weighted by atomic mass is 10.1. The topological polar surface area (TPSA) is 85.1 Å². The number of fused-ring (bicyclic) bond motifs is 2. The van der Waals surface area contributed by atoms with Crippen molar-refractivity contribution in [1.82, 2.24) is 24.8 Å². The summed E-state index contributed by atoms with van der Waals surface area (Å²) in [5.41, 5.74) is 4.58. The third-order valence-corrected chi connectivity index (χ3v) is 7.43. The summed E-state index contributed by atoms with van der Waals surface area (Å²) in [6, 6.07) is 17.4. The average Bonchev–Trinajstić information content (AvgIpc) is 3.25. The van der Waals surface area contributed by atoms with Crippen molar-refractivity contribution in [3.8, 4) is 11.4 Å². The Hall–Kier alpha value is -4.01. The molecule has 5 aromatic rings. The molecule has 2 aromatic heterocycles. The number of carbonyl (C=O) groups excluding carboxylic acids is 1. The molecule has 1 aliphatic rings. The average molecular weight is 530 g/mol. The van der Waals surface area contributed by atoms with Gasteiger partial charge in [0.05, 0.1) is 16.7 Å². The van der Waals surface area contributed by atoms with E-state index in [2.05, 4.69) is 19.9 Å². The van der Waals surface area contributed by atoms with E-state index in [9.17, 15) is 14.0 Å². The molecule has 0 spiro atoms. The van der Waals surface area contributed by atoms with Crippen LogP contribution in [0.25, 0.3) is 33.3 Å². The zero-order valence-corrected chi connectivity index (χ0v) is 21.5. The molecule has 38 heavy (non-hydrogen) atoms. The maximum atomic E-state index is 13.7. The summed E-state index contributed by atoms with van der Waals surface area (Å²) in [6.07, 6.45) is 0. The standard InChI is InChI=1S/C29H25ClFN5O2/c1-17-22-14-19(29(38)36-12-10-35(11-13-36)16-18-2-5-20(30)6-3-18)4-8-23(22)32-26(17)27-28(37)34-24-9-7-21(31)15-25(24)33-27/h2-9,14-15,32H,10-13,16H2,1H3,(H,34,37). The van der Waals surface area contributed by atoms with Crippen LogP contribution in [0.2, 0.25) is 5.02 Å². The van der Waals surface area contributed by atoms with E-state index in [1.54, 1.807) is 6.07 Å². The molecule has 0 saturated carbocycles. The van der Waals surface area contributed by atoms with E-state index in [1.807, 2.05) is 48.2 Å². The Balaban J connectivity index is 1.22. The van der Waals surface area contributed by atoms with Gasteiger partial charge in [-0.2, -0.15) is 0 Å². The minimum Gasteiger partial charge on any atom is -0.353 e. The van der Waals surface area contributed by atoms with Crippen molar-refractivity contribution in [2.24, 2.45) is 0 Å². The second-order valence-corrected chi connectivity index (χ2v) is 10.1. The first-order valence-corrected chi connectivity index (χ1v) is 12.8. The first-order chi connectivity index (χ1) is 18.4. The van der Waals surface area contributed by atoms with Crippen LogP contribution in [-0.4, -0.2) is 56.8 Å². The molecule has 2 N–H and O–H groups in total. The highest BCUT2D eigenvalue weighted by Crippen LogP contribution is 2.29. The largest absolute Gasteiger partial charge is 0.353 e. The van der Waals surface area contributed by atoms with Crippen LogP contribution in [-0.2, 0) is 6.54 Å². The molecule has 6 rings (SSSR count). The maximum Gasteiger partial charge on any atom is 0.276 e. The van der Waals surface area contributed by atoms with Gasteiger partial charge in [0, 0.05) is 60.3 Å². The number of H-pyrrole nitrogens is 2. The smallest absolute Gasteiger partial charge is 0.276 e. The highest BCUT2D eigenvalue weighted by Gasteiger charge is 2.23. The second kappa shape index (κ2) is 9.70. The number of hydrogen-bond donors (Lipinski definition) is 2. The zero-order valence-electron chi connectivity index (χ0n) is 20.7. The molecule has 7 nitrogen and oxygen atoms in total. The summed E-state index contributed by atoms with van der Waals surface area (Å²) in [7, 11) is 0. The van der Waals surface area contributed by atoms with Gasteiger partial charge in [-0.15, -0.1) is 0 Å². The van der Waals surface area contributed by atoms with Crippen LogP contribution in [0.15, 0.2) is 65.5 Å². The lowest BCUT2D eigenvalue weighted by Crippen LogP contribution is -2.48. The van der Waals surface area contributed by atoms with Crippen LogP contribution in [0, 0.1) is 12.7 Å². The molecule has 3 heterocycles.